The summed E-state index contributed by atoms with van der Waals surface area (Å²) < 4.78 is 11.2. The predicted molar refractivity (Wildman–Crippen MR) is 166 cm³/mol. The quantitative estimate of drug-likeness (QED) is 0.0333. The maximum Gasteiger partial charge on any atom is 0.251 e. The fourth-order valence-corrected chi connectivity index (χ4v) is 3.74. The summed E-state index contributed by atoms with van der Waals surface area (Å²) >= 11 is 0. The van der Waals surface area contributed by atoms with Gasteiger partial charge < -0.3 is 42.0 Å². The molecule has 1 aromatic heterocycles. The highest BCUT2D eigenvalue weighted by Gasteiger charge is 2.09. The average molecular weight is 586 g/mol. The van der Waals surface area contributed by atoms with E-state index in [4.69, 9.17) is 21.2 Å². The summed E-state index contributed by atoms with van der Waals surface area (Å²) in [6.45, 7) is 2.50. The van der Waals surface area contributed by atoms with Gasteiger partial charge in [0.1, 0.15) is 0 Å². The van der Waals surface area contributed by atoms with Crippen molar-refractivity contribution in [3.63, 3.8) is 0 Å². The Hall–Kier alpha value is -5.31. The van der Waals surface area contributed by atoms with Crippen molar-refractivity contribution < 1.29 is 14.3 Å². The predicted octanol–water partition coefficient (Wildman–Crippen LogP) is 2.32. The normalized spacial score (nSPS) is 11.0. The summed E-state index contributed by atoms with van der Waals surface area (Å²) in [5.41, 5.74) is 5.37. The third-order valence-corrected chi connectivity index (χ3v) is 5.82. The molecular weight excluding hydrogens is 550 g/mol. The number of nitrogens with two attached hydrogens (primary N) is 2. The molecule has 9 N–H and O–H groups in total. The minimum absolute atomic E-state index is 0.126. The van der Waals surface area contributed by atoms with Crippen LogP contribution in [0.1, 0.15) is 15.9 Å². The molecule has 4 rings (SSSR count). The van der Waals surface area contributed by atoms with Gasteiger partial charge in [0.2, 0.25) is 17.8 Å². The number of amidine groups is 1. The van der Waals surface area contributed by atoms with Crippen LogP contribution in [0, 0.1) is 0 Å². The third-order valence-electron chi connectivity index (χ3n) is 5.82. The molecule has 0 aliphatic carbocycles. The maximum absolute atomic E-state index is 12.0. The second-order valence-corrected chi connectivity index (χ2v) is 8.90. The molecule has 14 heteroatoms. The monoisotopic (exact) mass is 585 g/mol. The van der Waals surface area contributed by atoms with E-state index in [1.165, 1.54) is 0 Å². The van der Waals surface area contributed by atoms with Crippen molar-refractivity contribution in [3.05, 3.63) is 96.1 Å². The molecule has 3 aromatic carbocycles. The summed E-state index contributed by atoms with van der Waals surface area (Å²) in [6.07, 6.45) is 0. The maximum atomic E-state index is 12.0. The van der Waals surface area contributed by atoms with Gasteiger partial charge in [0.15, 0.2) is 5.84 Å². The Morgan fingerprint density at radius 2 is 1.23 bits per heavy atom. The van der Waals surface area contributed by atoms with Gasteiger partial charge in [-0.2, -0.15) is 20.1 Å². The molecule has 1 heterocycles. The van der Waals surface area contributed by atoms with Crippen LogP contribution < -0.4 is 38.4 Å². The van der Waals surface area contributed by atoms with Gasteiger partial charge in [0, 0.05) is 35.6 Å². The number of hydrazine groups is 1. The number of hydrogen-bond acceptors (Lipinski definition) is 12. The first-order valence-corrected chi connectivity index (χ1v) is 13.6. The number of ether oxygens (including phenoxy) is 2. The first-order valence-electron chi connectivity index (χ1n) is 13.6. The molecule has 0 aliphatic rings. The Bertz CT molecular complexity index is 1440. The Kier molecular flexibility index (Phi) is 12.0. The van der Waals surface area contributed by atoms with E-state index in [-0.39, 0.29) is 5.91 Å². The number of carbonyl (C=O) groups excluding carboxylic acids is 1. The molecule has 0 saturated heterocycles. The standard InChI is InChI=1S/C29H35N11O3/c30-39-25(40-31)21-11-13-24(14-12-21)35-29-37-27(36-28(38-29)34-23-9-5-2-6-10-23)33-16-18-43-20-19-42-17-15-32-26(41)22-7-3-1-4-8-22/h1-14H,15-20,30-31H2,(H,32,41)(H,39,40)(H3,33,34,35,36,37,38). The molecule has 0 atom stereocenters. The van der Waals surface area contributed by atoms with Crippen molar-refractivity contribution in [1.82, 2.24) is 25.7 Å². The van der Waals surface area contributed by atoms with Gasteiger partial charge in [-0.3, -0.25) is 4.79 Å². The van der Waals surface area contributed by atoms with Crippen LogP contribution in [-0.2, 0) is 9.47 Å². The number of para-hydroxylation sites is 1. The Morgan fingerprint density at radius 1 is 0.674 bits per heavy atom. The second kappa shape index (κ2) is 16.8. The molecule has 0 bridgehead atoms. The van der Waals surface area contributed by atoms with Crippen LogP contribution >= 0.6 is 0 Å². The number of nitrogens with zero attached hydrogens (tertiary/aromatic N) is 4. The highest BCUT2D eigenvalue weighted by atomic mass is 16.5. The first kappa shape index (κ1) is 30.6. The van der Waals surface area contributed by atoms with E-state index in [0.29, 0.717) is 68.8 Å². The van der Waals surface area contributed by atoms with Crippen LogP contribution in [0.5, 0.6) is 0 Å². The summed E-state index contributed by atoms with van der Waals surface area (Å²) in [4.78, 5) is 25.5. The topological polar surface area (TPSA) is 199 Å². The van der Waals surface area contributed by atoms with E-state index in [9.17, 15) is 4.79 Å². The smallest absolute Gasteiger partial charge is 0.251 e. The fourth-order valence-electron chi connectivity index (χ4n) is 3.74. The molecule has 0 unspecified atom stereocenters. The number of amides is 1. The van der Waals surface area contributed by atoms with Crippen LogP contribution in [-0.4, -0.2) is 66.2 Å². The molecule has 0 radical (unpaired) electrons. The minimum atomic E-state index is -0.126. The van der Waals surface area contributed by atoms with Gasteiger partial charge >= 0.3 is 0 Å². The van der Waals surface area contributed by atoms with E-state index in [0.717, 1.165) is 16.9 Å². The zero-order chi connectivity index (χ0) is 30.1. The van der Waals surface area contributed by atoms with E-state index in [2.05, 4.69) is 46.7 Å². The van der Waals surface area contributed by atoms with Gasteiger partial charge in [-0.05, 0) is 48.5 Å². The van der Waals surface area contributed by atoms with E-state index >= 15 is 0 Å². The van der Waals surface area contributed by atoms with Gasteiger partial charge in [-0.25, -0.2) is 5.84 Å². The van der Waals surface area contributed by atoms with Crippen LogP contribution in [0.2, 0.25) is 0 Å². The summed E-state index contributed by atoms with van der Waals surface area (Å²) in [6, 6.07) is 25.9. The molecule has 1 amide bonds. The van der Waals surface area contributed by atoms with Crippen LogP contribution in [0.25, 0.3) is 0 Å². The lowest BCUT2D eigenvalue weighted by molar-refractivity contribution is 0.0519. The molecule has 0 spiro atoms. The van der Waals surface area contributed by atoms with Crippen LogP contribution in [0.4, 0.5) is 29.2 Å². The van der Waals surface area contributed by atoms with Gasteiger partial charge in [0.25, 0.3) is 5.91 Å². The number of aromatic nitrogens is 3. The Labute approximate surface area is 249 Å². The fraction of sp³-hybridized carbons (Fsp3) is 0.207. The number of nitrogens with one attached hydrogen (secondary N) is 5. The molecule has 224 valence electrons. The summed E-state index contributed by atoms with van der Waals surface area (Å²) in [7, 11) is 0. The van der Waals surface area contributed by atoms with Gasteiger partial charge in [0.05, 0.1) is 26.4 Å². The number of benzene rings is 3. The van der Waals surface area contributed by atoms with E-state index in [1.807, 2.05) is 60.7 Å². The van der Waals surface area contributed by atoms with Gasteiger partial charge in [-0.15, -0.1) is 0 Å². The molecule has 43 heavy (non-hydrogen) atoms. The lowest BCUT2D eigenvalue weighted by Crippen LogP contribution is -2.31. The third kappa shape index (κ3) is 10.2. The highest BCUT2D eigenvalue weighted by Crippen LogP contribution is 2.19. The number of hydrogen-bond donors (Lipinski definition) is 7. The molecule has 14 nitrogen and oxygen atoms in total. The lowest BCUT2D eigenvalue weighted by atomic mass is 10.2. The Balaban J connectivity index is 1.23. The van der Waals surface area contributed by atoms with Crippen molar-refractivity contribution in [2.24, 2.45) is 16.8 Å². The summed E-state index contributed by atoms with van der Waals surface area (Å²) in [5.74, 6) is 12.1. The Morgan fingerprint density at radius 3 is 1.84 bits per heavy atom. The first-order chi connectivity index (χ1) is 21.1. The number of hydrazone groups is 1. The van der Waals surface area contributed by atoms with E-state index < -0.39 is 0 Å². The average Bonchev–Trinajstić information content (AvgIpc) is 3.04. The van der Waals surface area contributed by atoms with Crippen molar-refractivity contribution in [2.45, 2.75) is 0 Å². The molecule has 4 aromatic rings. The second-order valence-electron chi connectivity index (χ2n) is 8.90. The molecule has 0 aliphatic heterocycles. The number of rotatable bonds is 16. The SMILES string of the molecule is N/N=C(\NN)c1ccc(Nc2nc(NCCOCCOCCNC(=O)c3ccccc3)nc(Nc3ccccc3)n2)cc1. The lowest BCUT2D eigenvalue weighted by Gasteiger charge is -2.12. The zero-order valence-electron chi connectivity index (χ0n) is 23.5. The molecule has 0 fully saturated rings. The largest absolute Gasteiger partial charge is 0.377 e. The molecule has 0 saturated carbocycles. The van der Waals surface area contributed by atoms with Crippen LogP contribution in [0.3, 0.4) is 0 Å². The van der Waals surface area contributed by atoms with Crippen molar-refractivity contribution in [3.8, 4) is 0 Å². The van der Waals surface area contributed by atoms with Crippen molar-refractivity contribution in [1.29, 1.82) is 0 Å². The summed E-state index contributed by atoms with van der Waals surface area (Å²) in [5, 5.41) is 16.0. The number of anilines is 5. The highest BCUT2D eigenvalue weighted by molar-refractivity contribution is 5.98. The van der Waals surface area contributed by atoms with E-state index in [1.54, 1.807) is 24.3 Å². The van der Waals surface area contributed by atoms with Crippen LogP contribution in [0.15, 0.2) is 90.0 Å². The van der Waals surface area contributed by atoms with Crippen molar-refractivity contribution in [2.75, 3.05) is 55.5 Å². The molecular formula is C29H35N11O3. The van der Waals surface area contributed by atoms with Crippen molar-refractivity contribution >= 4 is 41.0 Å². The zero-order valence-corrected chi connectivity index (χ0v) is 23.5. The van der Waals surface area contributed by atoms with Gasteiger partial charge in [-0.1, -0.05) is 36.4 Å². The minimum Gasteiger partial charge on any atom is -0.377 e. The number of carbonyl (C=O) groups is 1.